The molecular formula is C7H13N. The average molecular weight is 111 g/mol. The third-order valence-electron chi connectivity index (χ3n) is 1.71. The van der Waals surface area contributed by atoms with E-state index in [-0.39, 0.29) is 0 Å². The normalized spacial score (nSPS) is 37.6. The molecule has 1 aliphatic rings. The van der Waals surface area contributed by atoms with Crippen molar-refractivity contribution in [3.8, 4) is 0 Å². The summed E-state index contributed by atoms with van der Waals surface area (Å²) in [6, 6.07) is 1.19. The molecule has 1 aliphatic heterocycles. The van der Waals surface area contributed by atoms with Crippen molar-refractivity contribution < 1.29 is 0 Å². The van der Waals surface area contributed by atoms with Gasteiger partial charge in [0.25, 0.3) is 0 Å². The Morgan fingerprint density at radius 3 is 2.25 bits per heavy atom. The highest BCUT2D eigenvalue weighted by Gasteiger charge is 2.13. The summed E-state index contributed by atoms with van der Waals surface area (Å²) >= 11 is 0. The van der Waals surface area contributed by atoms with Gasteiger partial charge >= 0.3 is 0 Å². The third-order valence-corrected chi connectivity index (χ3v) is 1.71. The van der Waals surface area contributed by atoms with Gasteiger partial charge in [0.2, 0.25) is 0 Å². The lowest BCUT2D eigenvalue weighted by Gasteiger charge is -2.05. The minimum Gasteiger partial charge on any atom is -0.305 e. The summed E-state index contributed by atoms with van der Waals surface area (Å²) in [7, 11) is 0. The Labute approximate surface area is 50.8 Å². The molecule has 1 rings (SSSR count). The van der Waals surface area contributed by atoms with Gasteiger partial charge in [0.05, 0.1) is 0 Å². The first-order valence-electron chi connectivity index (χ1n) is 3.14. The fraction of sp³-hybridized carbons (Fsp3) is 0.714. The van der Waals surface area contributed by atoms with Crippen LogP contribution in [0.1, 0.15) is 20.8 Å². The topological polar surface area (TPSA) is 12.0 Å². The van der Waals surface area contributed by atoms with Crippen LogP contribution in [0, 0.1) is 0 Å². The number of hydrogen-bond donors (Lipinski definition) is 1. The van der Waals surface area contributed by atoms with E-state index in [2.05, 4.69) is 32.2 Å². The first-order chi connectivity index (χ1) is 3.70. The Hall–Kier alpha value is -0.300. The van der Waals surface area contributed by atoms with E-state index in [0.717, 1.165) is 0 Å². The van der Waals surface area contributed by atoms with Gasteiger partial charge in [0.15, 0.2) is 0 Å². The molecule has 0 aliphatic carbocycles. The molecule has 0 bridgehead atoms. The summed E-state index contributed by atoms with van der Waals surface area (Å²) in [4.78, 5) is 0. The predicted molar refractivity (Wildman–Crippen MR) is 35.8 cm³/mol. The van der Waals surface area contributed by atoms with Gasteiger partial charge in [-0.15, -0.1) is 0 Å². The van der Waals surface area contributed by atoms with Crippen LogP contribution in [0.4, 0.5) is 0 Å². The molecule has 0 spiro atoms. The monoisotopic (exact) mass is 111 g/mol. The maximum absolute atomic E-state index is 3.37. The van der Waals surface area contributed by atoms with Crippen LogP contribution in [-0.2, 0) is 0 Å². The van der Waals surface area contributed by atoms with Crippen molar-refractivity contribution in [1.29, 1.82) is 0 Å². The lowest BCUT2D eigenvalue weighted by molar-refractivity contribution is 0.615. The van der Waals surface area contributed by atoms with Gasteiger partial charge in [-0.1, -0.05) is 11.6 Å². The molecule has 1 N–H and O–H groups in total. The molecule has 0 saturated carbocycles. The smallest absolute Gasteiger partial charge is 0.0254 e. The van der Waals surface area contributed by atoms with Gasteiger partial charge in [-0.05, 0) is 20.8 Å². The first kappa shape index (κ1) is 5.83. The SMILES string of the molecule is CC1=CC(C)NC1C. The number of rotatable bonds is 0. The van der Waals surface area contributed by atoms with E-state index in [1.165, 1.54) is 5.57 Å². The van der Waals surface area contributed by atoms with Gasteiger partial charge in [-0.2, -0.15) is 0 Å². The summed E-state index contributed by atoms with van der Waals surface area (Å²) in [6.45, 7) is 6.53. The molecule has 0 fully saturated rings. The van der Waals surface area contributed by atoms with E-state index in [9.17, 15) is 0 Å². The minimum atomic E-state index is 0.588. The minimum absolute atomic E-state index is 0.588. The Kier molecular flexibility index (Phi) is 1.39. The average Bonchev–Trinajstić information content (AvgIpc) is 1.85. The van der Waals surface area contributed by atoms with Gasteiger partial charge < -0.3 is 5.32 Å². The molecule has 0 aromatic heterocycles. The third kappa shape index (κ3) is 0.920. The Morgan fingerprint density at radius 2 is 2.12 bits per heavy atom. The summed E-state index contributed by atoms with van der Waals surface area (Å²) in [6.07, 6.45) is 2.27. The first-order valence-corrected chi connectivity index (χ1v) is 3.14. The van der Waals surface area contributed by atoms with E-state index in [1.54, 1.807) is 0 Å². The molecular weight excluding hydrogens is 98.1 g/mol. The van der Waals surface area contributed by atoms with E-state index < -0.39 is 0 Å². The fourth-order valence-electron chi connectivity index (χ4n) is 1.11. The van der Waals surface area contributed by atoms with Crippen LogP contribution in [0.3, 0.4) is 0 Å². The molecule has 8 heavy (non-hydrogen) atoms. The van der Waals surface area contributed by atoms with Crippen molar-refractivity contribution in [3.63, 3.8) is 0 Å². The predicted octanol–water partition coefficient (Wildman–Crippen LogP) is 1.31. The lowest BCUT2D eigenvalue weighted by Crippen LogP contribution is -2.26. The molecule has 0 aromatic rings. The summed E-state index contributed by atoms with van der Waals surface area (Å²) < 4.78 is 0. The van der Waals surface area contributed by atoms with Crippen LogP contribution in [0.15, 0.2) is 11.6 Å². The number of nitrogens with one attached hydrogen (secondary N) is 1. The largest absolute Gasteiger partial charge is 0.305 e. The molecule has 1 heterocycles. The highest BCUT2D eigenvalue weighted by atomic mass is 15.0. The molecule has 0 amide bonds. The fourth-order valence-corrected chi connectivity index (χ4v) is 1.11. The van der Waals surface area contributed by atoms with E-state index in [0.29, 0.717) is 12.1 Å². The molecule has 2 unspecified atom stereocenters. The van der Waals surface area contributed by atoms with E-state index in [1.807, 2.05) is 0 Å². The zero-order valence-corrected chi connectivity index (χ0v) is 5.73. The quantitative estimate of drug-likeness (QED) is 0.465. The van der Waals surface area contributed by atoms with Crippen molar-refractivity contribution in [2.75, 3.05) is 0 Å². The Balaban J connectivity index is 2.59. The summed E-state index contributed by atoms with van der Waals surface area (Å²) in [5.41, 5.74) is 1.47. The standard InChI is InChI=1S/C7H13N/c1-5-4-6(2)8-7(5)3/h4,6-8H,1-3H3. The molecule has 1 heteroatoms. The second-order valence-corrected chi connectivity index (χ2v) is 2.59. The number of hydrogen-bond acceptors (Lipinski definition) is 1. The lowest BCUT2D eigenvalue weighted by atomic mass is 10.2. The van der Waals surface area contributed by atoms with Crippen LogP contribution >= 0.6 is 0 Å². The zero-order chi connectivity index (χ0) is 6.15. The van der Waals surface area contributed by atoms with Crippen LogP contribution in [0.5, 0.6) is 0 Å². The maximum atomic E-state index is 3.37. The van der Waals surface area contributed by atoms with Crippen LogP contribution in [0.2, 0.25) is 0 Å². The second kappa shape index (κ2) is 1.90. The van der Waals surface area contributed by atoms with Crippen LogP contribution in [0.25, 0.3) is 0 Å². The Morgan fingerprint density at radius 1 is 1.50 bits per heavy atom. The van der Waals surface area contributed by atoms with Crippen molar-refractivity contribution in [2.45, 2.75) is 32.9 Å². The molecule has 0 aromatic carbocycles. The van der Waals surface area contributed by atoms with Crippen LogP contribution < -0.4 is 5.32 Å². The summed E-state index contributed by atoms with van der Waals surface area (Å²) in [5, 5.41) is 3.37. The summed E-state index contributed by atoms with van der Waals surface area (Å²) in [5.74, 6) is 0. The van der Waals surface area contributed by atoms with Gasteiger partial charge in [-0.25, -0.2) is 0 Å². The van der Waals surface area contributed by atoms with Crippen molar-refractivity contribution in [3.05, 3.63) is 11.6 Å². The molecule has 1 nitrogen and oxygen atoms in total. The van der Waals surface area contributed by atoms with Crippen LogP contribution in [-0.4, -0.2) is 12.1 Å². The zero-order valence-electron chi connectivity index (χ0n) is 5.73. The van der Waals surface area contributed by atoms with Gasteiger partial charge in [-0.3, -0.25) is 0 Å². The van der Waals surface area contributed by atoms with Crippen molar-refractivity contribution >= 4 is 0 Å². The second-order valence-electron chi connectivity index (χ2n) is 2.59. The van der Waals surface area contributed by atoms with E-state index in [4.69, 9.17) is 0 Å². The van der Waals surface area contributed by atoms with Gasteiger partial charge in [0, 0.05) is 12.1 Å². The van der Waals surface area contributed by atoms with Gasteiger partial charge in [0.1, 0.15) is 0 Å². The van der Waals surface area contributed by atoms with Crippen molar-refractivity contribution in [1.82, 2.24) is 5.32 Å². The molecule has 2 atom stereocenters. The molecule has 0 radical (unpaired) electrons. The van der Waals surface area contributed by atoms with Crippen molar-refractivity contribution in [2.24, 2.45) is 0 Å². The highest BCUT2D eigenvalue weighted by Crippen LogP contribution is 2.10. The van der Waals surface area contributed by atoms with E-state index >= 15 is 0 Å². The Bertz CT molecular complexity index is 116. The molecule has 46 valence electrons. The highest BCUT2D eigenvalue weighted by molar-refractivity contribution is 5.16. The molecule has 0 saturated heterocycles. The maximum Gasteiger partial charge on any atom is 0.0254 e.